The van der Waals surface area contributed by atoms with Crippen molar-refractivity contribution in [2.24, 2.45) is 5.41 Å². The van der Waals surface area contributed by atoms with Gasteiger partial charge in [0.15, 0.2) is 0 Å². The summed E-state index contributed by atoms with van der Waals surface area (Å²) in [6, 6.07) is 10.8. The molecule has 0 fully saturated rings. The van der Waals surface area contributed by atoms with Crippen LogP contribution < -0.4 is 4.31 Å². The number of amides is 1. The van der Waals surface area contributed by atoms with Crippen LogP contribution in [0, 0.1) is 11.2 Å². The standard InChI is InChI=1S/C26H21ClF4N2O5S/c1-25(2,24(35)36)13-32-14-33(39(37,38)17-6-3-5-16(12-17)26(29,30)31)21-11-15(9-10-18(21)23(32)34)22-19(27)7-4-8-20(22)28/h3-12H,13-14H2,1-2H3,(H,35,36). The molecule has 0 aliphatic carbocycles. The summed E-state index contributed by atoms with van der Waals surface area (Å²) in [5.74, 6) is -2.68. The minimum Gasteiger partial charge on any atom is -0.481 e. The molecule has 206 valence electrons. The number of rotatable bonds is 6. The topological polar surface area (TPSA) is 95.0 Å². The lowest BCUT2D eigenvalue weighted by Crippen LogP contribution is -2.52. The third kappa shape index (κ3) is 5.30. The molecule has 1 aliphatic rings. The Hall–Kier alpha value is -3.64. The van der Waals surface area contributed by atoms with Crippen molar-refractivity contribution in [2.45, 2.75) is 24.9 Å². The van der Waals surface area contributed by atoms with Crippen LogP contribution in [-0.2, 0) is 21.0 Å². The van der Waals surface area contributed by atoms with E-state index in [4.69, 9.17) is 11.6 Å². The van der Waals surface area contributed by atoms with E-state index in [1.807, 2.05) is 0 Å². The van der Waals surface area contributed by atoms with Crippen molar-refractivity contribution < 1.29 is 40.7 Å². The van der Waals surface area contributed by atoms with Crippen LogP contribution in [0.15, 0.2) is 65.6 Å². The maximum atomic E-state index is 14.7. The van der Waals surface area contributed by atoms with E-state index in [1.165, 1.54) is 44.2 Å². The fourth-order valence-corrected chi connectivity index (χ4v) is 5.90. The third-order valence-corrected chi connectivity index (χ3v) is 8.31. The molecular weight excluding hydrogens is 564 g/mol. The Morgan fingerprint density at radius 2 is 1.72 bits per heavy atom. The van der Waals surface area contributed by atoms with E-state index >= 15 is 0 Å². The zero-order valence-electron chi connectivity index (χ0n) is 20.5. The van der Waals surface area contributed by atoms with Gasteiger partial charge in [-0.1, -0.05) is 29.8 Å². The van der Waals surface area contributed by atoms with Crippen LogP contribution in [0.25, 0.3) is 11.1 Å². The quantitative estimate of drug-likeness (QED) is 0.365. The van der Waals surface area contributed by atoms with Crippen LogP contribution in [0.2, 0.25) is 5.02 Å². The lowest BCUT2D eigenvalue weighted by molar-refractivity contribution is -0.147. The highest BCUT2D eigenvalue weighted by atomic mass is 35.5. The number of benzene rings is 3. The molecule has 0 bridgehead atoms. The first-order chi connectivity index (χ1) is 18.0. The fraction of sp³-hybridized carbons (Fsp3) is 0.231. The highest BCUT2D eigenvalue weighted by Crippen LogP contribution is 2.40. The predicted molar refractivity (Wildman–Crippen MR) is 135 cm³/mol. The van der Waals surface area contributed by atoms with Crippen LogP contribution in [0.3, 0.4) is 0 Å². The van der Waals surface area contributed by atoms with Gasteiger partial charge in [-0.25, -0.2) is 17.1 Å². The number of carboxylic acid groups (broad SMARTS) is 1. The molecule has 0 saturated heterocycles. The minimum absolute atomic E-state index is 0.00852. The number of carbonyl (C=O) groups is 2. The first kappa shape index (κ1) is 28.4. The van der Waals surface area contributed by atoms with Gasteiger partial charge in [0.25, 0.3) is 15.9 Å². The molecule has 1 heterocycles. The van der Waals surface area contributed by atoms with E-state index in [9.17, 15) is 40.7 Å². The number of sulfonamides is 1. The van der Waals surface area contributed by atoms with Crippen molar-refractivity contribution in [1.29, 1.82) is 0 Å². The summed E-state index contributed by atoms with van der Waals surface area (Å²) in [6.45, 7) is 1.58. The molecule has 1 amide bonds. The van der Waals surface area contributed by atoms with Gasteiger partial charge in [-0.05, 0) is 61.9 Å². The normalized spacial score (nSPS) is 14.4. The average Bonchev–Trinajstić information content (AvgIpc) is 2.85. The fourth-order valence-electron chi connectivity index (χ4n) is 4.15. The van der Waals surface area contributed by atoms with Gasteiger partial charge in [-0.2, -0.15) is 13.2 Å². The molecule has 3 aromatic rings. The maximum Gasteiger partial charge on any atom is 0.416 e. The first-order valence-electron chi connectivity index (χ1n) is 11.3. The Labute approximate surface area is 226 Å². The summed E-state index contributed by atoms with van der Waals surface area (Å²) in [5, 5.41) is 9.56. The second-order valence-electron chi connectivity index (χ2n) is 9.54. The predicted octanol–water partition coefficient (Wildman–Crippen LogP) is 5.88. The van der Waals surface area contributed by atoms with Crippen LogP contribution in [-0.4, -0.2) is 43.5 Å². The molecule has 1 aliphatic heterocycles. The van der Waals surface area contributed by atoms with Gasteiger partial charge in [0.1, 0.15) is 12.5 Å². The van der Waals surface area contributed by atoms with Crippen molar-refractivity contribution in [1.82, 2.24) is 4.90 Å². The Kier molecular flexibility index (Phi) is 7.15. The summed E-state index contributed by atoms with van der Waals surface area (Å²) in [6.07, 6.45) is -4.83. The number of carboxylic acids is 1. The largest absolute Gasteiger partial charge is 0.481 e. The number of fused-ring (bicyclic) bond motifs is 1. The lowest BCUT2D eigenvalue weighted by Gasteiger charge is -2.39. The summed E-state index contributed by atoms with van der Waals surface area (Å²) in [7, 11) is -4.74. The van der Waals surface area contributed by atoms with Crippen molar-refractivity contribution in [3.05, 3.63) is 82.6 Å². The van der Waals surface area contributed by atoms with Gasteiger partial charge in [-0.3, -0.25) is 9.59 Å². The van der Waals surface area contributed by atoms with Crippen LogP contribution in [0.4, 0.5) is 23.2 Å². The van der Waals surface area contributed by atoms with E-state index in [1.54, 1.807) is 0 Å². The van der Waals surface area contributed by atoms with Crippen molar-refractivity contribution in [3.63, 3.8) is 0 Å². The molecule has 0 saturated carbocycles. The number of carbonyl (C=O) groups excluding carboxylic acids is 1. The van der Waals surface area contributed by atoms with Gasteiger partial charge in [0.05, 0.1) is 32.1 Å². The van der Waals surface area contributed by atoms with Crippen LogP contribution >= 0.6 is 11.6 Å². The van der Waals surface area contributed by atoms with E-state index in [0.29, 0.717) is 16.4 Å². The molecule has 13 heteroatoms. The SMILES string of the molecule is CC(C)(CN1CN(S(=O)(=O)c2cccc(C(F)(F)F)c2)c2cc(-c3c(F)cccc3Cl)ccc2C1=O)C(=O)O. The number of aliphatic carboxylic acids is 1. The van der Waals surface area contributed by atoms with Gasteiger partial charge in [0, 0.05) is 12.1 Å². The average molecular weight is 585 g/mol. The van der Waals surface area contributed by atoms with Gasteiger partial charge in [0.2, 0.25) is 0 Å². The number of halogens is 5. The molecule has 0 aromatic heterocycles. The zero-order valence-corrected chi connectivity index (χ0v) is 22.0. The molecule has 39 heavy (non-hydrogen) atoms. The lowest BCUT2D eigenvalue weighted by atomic mass is 9.92. The molecule has 1 N–H and O–H groups in total. The molecule has 3 aromatic carbocycles. The number of anilines is 1. The number of hydrogen-bond donors (Lipinski definition) is 1. The summed E-state index contributed by atoms with van der Waals surface area (Å²) >= 11 is 6.17. The van der Waals surface area contributed by atoms with E-state index in [0.717, 1.165) is 23.1 Å². The highest BCUT2D eigenvalue weighted by molar-refractivity contribution is 7.92. The molecule has 0 atom stereocenters. The summed E-state index contributed by atoms with van der Waals surface area (Å²) in [4.78, 5) is 25.4. The molecular formula is C26H21ClF4N2O5S. The molecule has 0 radical (unpaired) electrons. The van der Waals surface area contributed by atoms with E-state index in [-0.39, 0.29) is 27.4 Å². The zero-order chi connectivity index (χ0) is 28.9. The summed E-state index contributed by atoms with van der Waals surface area (Å²) < 4.78 is 83.0. The van der Waals surface area contributed by atoms with Crippen LogP contribution in [0.5, 0.6) is 0 Å². The number of alkyl halides is 3. The number of hydrogen-bond acceptors (Lipinski definition) is 4. The Morgan fingerprint density at radius 3 is 2.33 bits per heavy atom. The van der Waals surface area contributed by atoms with Crippen molar-refractivity contribution >= 4 is 39.2 Å². The minimum atomic E-state index is -4.83. The Morgan fingerprint density at radius 1 is 1.05 bits per heavy atom. The molecule has 0 unspecified atom stereocenters. The molecule has 0 spiro atoms. The first-order valence-corrected chi connectivity index (χ1v) is 13.2. The van der Waals surface area contributed by atoms with E-state index < -0.39 is 63.0 Å². The number of nitrogens with zero attached hydrogens (tertiary/aromatic N) is 2. The Balaban J connectivity index is 1.92. The third-order valence-electron chi connectivity index (χ3n) is 6.25. The maximum absolute atomic E-state index is 14.7. The molecule has 4 rings (SSSR count). The van der Waals surface area contributed by atoms with Crippen molar-refractivity contribution in [2.75, 3.05) is 17.5 Å². The smallest absolute Gasteiger partial charge is 0.416 e. The van der Waals surface area contributed by atoms with Gasteiger partial charge < -0.3 is 10.0 Å². The monoisotopic (exact) mass is 584 g/mol. The van der Waals surface area contributed by atoms with Gasteiger partial charge in [-0.15, -0.1) is 0 Å². The molecule has 7 nitrogen and oxygen atoms in total. The van der Waals surface area contributed by atoms with E-state index in [2.05, 4.69) is 0 Å². The highest BCUT2D eigenvalue weighted by Gasteiger charge is 2.41. The van der Waals surface area contributed by atoms with Gasteiger partial charge >= 0.3 is 12.1 Å². The second-order valence-corrected chi connectivity index (χ2v) is 11.8. The second kappa shape index (κ2) is 9.83. The Bertz CT molecular complexity index is 1570. The van der Waals surface area contributed by atoms with Crippen LogP contribution in [0.1, 0.15) is 29.8 Å². The summed E-state index contributed by atoms with van der Waals surface area (Å²) in [5.41, 5.74) is -3.03. The van der Waals surface area contributed by atoms with Crippen molar-refractivity contribution in [3.8, 4) is 11.1 Å².